The summed E-state index contributed by atoms with van der Waals surface area (Å²) in [7, 11) is -8.41. The number of benzene rings is 2. The van der Waals surface area contributed by atoms with Gasteiger partial charge in [-0.1, -0.05) is 23.2 Å². The first kappa shape index (κ1) is 22.9. The van der Waals surface area contributed by atoms with Gasteiger partial charge in [0.1, 0.15) is 5.82 Å². The molecule has 0 spiro atoms. The Labute approximate surface area is 173 Å². The summed E-state index contributed by atoms with van der Waals surface area (Å²) in [6.45, 7) is 1.51. The predicted octanol–water partition coefficient (Wildman–Crippen LogP) is 4.38. The van der Waals surface area contributed by atoms with Gasteiger partial charge in [-0.3, -0.25) is 8.86 Å². The highest BCUT2D eigenvalue weighted by Gasteiger charge is 2.31. The average Bonchev–Trinajstić information content (AvgIpc) is 2.57. The van der Waals surface area contributed by atoms with Crippen LogP contribution in [0.15, 0.2) is 47.4 Å². The normalized spacial score (nSPS) is 13.3. The second kappa shape index (κ2) is 8.96. The monoisotopic (exact) mass is 469 g/mol. The number of hydrogen-bond acceptors (Lipinski definition) is 4. The van der Waals surface area contributed by atoms with Gasteiger partial charge in [0.15, 0.2) is 0 Å². The molecule has 0 bridgehead atoms. The smallest absolute Gasteiger partial charge is 0.264 e. The van der Waals surface area contributed by atoms with Gasteiger partial charge in [-0.15, -0.1) is 0 Å². The summed E-state index contributed by atoms with van der Waals surface area (Å²) in [5, 5.41) is 0.471. The molecule has 0 saturated carbocycles. The molecule has 154 valence electrons. The lowest BCUT2D eigenvalue weighted by molar-refractivity contribution is 0.478. The summed E-state index contributed by atoms with van der Waals surface area (Å²) in [6, 6.07) is 8.06. The van der Waals surface area contributed by atoms with Crippen molar-refractivity contribution in [1.82, 2.24) is 0 Å². The molecule has 0 unspecified atom stereocenters. The molecule has 0 aliphatic carbocycles. The van der Waals surface area contributed by atoms with Gasteiger partial charge in [0, 0.05) is 16.1 Å². The Morgan fingerprint density at radius 2 is 1.61 bits per heavy atom. The maximum atomic E-state index is 14.5. The quantitative estimate of drug-likeness (QED) is 0.578. The third-order valence-corrected chi connectivity index (χ3v) is 7.17. The largest absolute Gasteiger partial charge is 0.286 e. The van der Waals surface area contributed by atoms with Crippen molar-refractivity contribution in [2.24, 2.45) is 0 Å². The van der Waals surface area contributed by atoms with E-state index in [-0.39, 0.29) is 28.4 Å². The van der Waals surface area contributed by atoms with E-state index in [1.54, 1.807) is 0 Å². The van der Waals surface area contributed by atoms with Gasteiger partial charge in [0.25, 0.3) is 20.1 Å². The van der Waals surface area contributed by atoms with Crippen LogP contribution < -0.4 is 4.31 Å². The van der Waals surface area contributed by atoms with Crippen LogP contribution in [0.5, 0.6) is 0 Å². The minimum atomic E-state index is -4.21. The fourth-order valence-electron chi connectivity index (χ4n) is 2.66. The van der Waals surface area contributed by atoms with E-state index < -0.39 is 37.8 Å². The topological polar surface area (TPSA) is 91.8 Å². The molecule has 0 radical (unpaired) electrons. The van der Waals surface area contributed by atoms with Gasteiger partial charge < -0.3 is 0 Å². The van der Waals surface area contributed by atoms with E-state index in [0.29, 0.717) is 5.02 Å². The molecule has 0 amide bonds. The zero-order valence-electron chi connectivity index (χ0n) is 14.7. The number of rotatable bonds is 8. The van der Waals surface area contributed by atoms with Crippen molar-refractivity contribution in [3.05, 3.63) is 58.3 Å². The van der Waals surface area contributed by atoms with Crippen LogP contribution in [-0.2, 0) is 20.1 Å². The highest BCUT2D eigenvalue weighted by atomic mass is 35.5. The molecule has 6 nitrogen and oxygen atoms in total. The molecular weight excluding hydrogens is 452 g/mol. The molecule has 0 fully saturated rings. The molecule has 0 saturated heterocycles. The molecule has 1 N–H and O–H groups in total. The highest BCUT2D eigenvalue weighted by molar-refractivity contribution is 7.92. The predicted molar refractivity (Wildman–Crippen MR) is 108 cm³/mol. The van der Waals surface area contributed by atoms with Crippen LogP contribution in [0.2, 0.25) is 10.0 Å². The Hall–Kier alpha value is -1.39. The van der Waals surface area contributed by atoms with E-state index in [1.807, 2.05) is 0 Å². The zero-order chi connectivity index (χ0) is 21.1. The van der Waals surface area contributed by atoms with Crippen molar-refractivity contribution in [1.29, 1.82) is 0 Å². The standard InChI is InChI=1S/C17H18Cl2FNO5S2/c1-12(3-2-10-27(22,23)24)21(17-11-14(19)6-9-16(17)20)28(25,26)15-7-4-13(18)5-8-15/h4-9,11-12H,2-3,10H2,1H3,(H,22,23,24)/t12-/m1/s1. The molecule has 0 aromatic heterocycles. The van der Waals surface area contributed by atoms with Crippen LogP contribution in [0.1, 0.15) is 19.8 Å². The second-order valence-electron chi connectivity index (χ2n) is 6.13. The molecule has 2 aromatic carbocycles. The van der Waals surface area contributed by atoms with Gasteiger partial charge in [-0.05, 0) is 62.2 Å². The number of anilines is 1. The fraction of sp³-hybridized carbons (Fsp3) is 0.294. The molecule has 0 aliphatic heterocycles. The molecule has 2 rings (SSSR count). The van der Waals surface area contributed by atoms with Crippen molar-refractivity contribution in [3.63, 3.8) is 0 Å². The first-order valence-electron chi connectivity index (χ1n) is 8.12. The van der Waals surface area contributed by atoms with Crippen LogP contribution >= 0.6 is 23.2 Å². The van der Waals surface area contributed by atoms with Gasteiger partial charge in [0.2, 0.25) is 0 Å². The molecule has 0 aliphatic rings. The minimum Gasteiger partial charge on any atom is -0.286 e. The molecule has 28 heavy (non-hydrogen) atoms. The lowest BCUT2D eigenvalue weighted by atomic mass is 10.2. The summed E-state index contributed by atoms with van der Waals surface area (Å²) in [4.78, 5) is -0.113. The number of nitrogens with zero attached hydrogens (tertiary/aromatic N) is 1. The van der Waals surface area contributed by atoms with E-state index in [4.69, 9.17) is 27.8 Å². The maximum absolute atomic E-state index is 14.5. The Morgan fingerprint density at radius 3 is 2.18 bits per heavy atom. The van der Waals surface area contributed by atoms with Crippen LogP contribution in [0.4, 0.5) is 10.1 Å². The van der Waals surface area contributed by atoms with E-state index >= 15 is 0 Å². The highest BCUT2D eigenvalue weighted by Crippen LogP contribution is 2.32. The summed E-state index contributed by atoms with van der Waals surface area (Å²) in [5.74, 6) is -1.34. The van der Waals surface area contributed by atoms with Crippen LogP contribution in [-0.4, -0.2) is 33.2 Å². The van der Waals surface area contributed by atoms with Crippen molar-refractivity contribution in [2.75, 3.05) is 10.1 Å². The number of halogens is 3. The van der Waals surface area contributed by atoms with Gasteiger partial charge in [-0.25, -0.2) is 12.8 Å². The first-order valence-corrected chi connectivity index (χ1v) is 11.9. The molecule has 2 aromatic rings. The summed E-state index contributed by atoms with van der Waals surface area (Å²) in [5.41, 5.74) is -0.262. The Morgan fingerprint density at radius 1 is 1.04 bits per heavy atom. The van der Waals surface area contributed by atoms with Gasteiger partial charge >= 0.3 is 0 Å². The Bertz CT molecular complexity index is 1040. The Kier molecular flexibility index (Phi) is 7.33. The van der Waals surface area contributed by atoms with Crippen molar-refractivity contribution in [3.8, 4) is 0 Å². The lowest BCUT2D eigenvalue weighted by Crippen LogP contribution is -2.39. The number of sulfonamides is 1. The molecular formula is C17H18Cl2FNO5S2. The second-order valence-corrected chi connectivity index (χ2v) is 10.4. The SMILES string of the molecule is C[C@H](CCCS(=O)(=O)O)N(c1cc(Cl)ccc1F)S(=O)(=O)c1ccc(Cl)cc1. The van der Waals surface area contributed by atoms with Crippen molar-refractivity contribution < 1.29 is 25.8 Å². The van der Waals surface area contributed by atoms with Crippen LogP contribution in [0.3, 0.4) is 0 Å². The number of hydrogen-bond donors (Lipinski definition) is 1. The lowest BCUT2D eigenvalue weighted by Gasteiger charge is -2.31. The van der Waals surface area contributed by atoms with Gasteiger partial charge in [-0.2, -0.15) is 8.42 Å². The summed E-state index contributed by atoms with van der Waals surface area (Å²) >= 11 is 11.7. The van der Waals surface area contributed by atoms with E-state index in [1.165, 1.54) is 43.3 Å². The first-order chi connectivity index (χ1) is 12.9. The third kappa shape index (κ3) is 5.81. The molecule has 11 heteroatoms. The summed E-state index contributed by atoms with van der Waals surface area (Å²) < 4.78 is 72.5. The summed E-state index contributed by atoms with van der Waals surface area (Å²) in [6.07, 6.45) is 0.0351. The van der Waals surface area contributed by atoms with Crippen LogP contribution in [0, 0.1) is 5.82 Å². The average molecular weight is 470 g/mol. The maximum Gasteiger partial charge on any atom is 0.264 e. The van der Waals surface area contributed by atoms with Crippen molar-refractivity contribution >= 4 is 49.0 Å². The minimum absolute atomic E-state index is 0.0190. The zero-order valence-corrected chi connectivity index (χ0v) is 17.9. The third-order valence-electron chi connectivity index (χ3n) is 3.94. The van der Waals surface area contributed by atoms with E-state index in [9.17, 15) is 21.2 Å². The van der Waals surface area contributed by atoms with E-state index in [0.717, 1.165) is 10.4 Å². The van der Waals surface area contributed by atoms with Crippen LogP contribution in [0.25, 0.3) is 0 Å². The molecule has 1 atom stereocenters. The van der Waals surface area contributed by atoms with Crippen molar-refractivity contribution in [2.45, 2.75) is 30.7 Å². The molecule has 0 heterocycles. The van der Waals surface area contributed by atoms with E-state index in [2.05, 4.69) is 0 Å². The van der Waals surface area contributed by atoms with Gasteiger partial charge in [0.05, 0.1) is 16.3 Å². The Balaban J connectivity index is 2.49. The fourth-order valence-corrected chi connectivity index (χ4v) is 5.17.